The highest BCUT2D eigenvalue weighted by Gasteiger charge is 2.13. The minimum Gasteiger partial charge on any atom is -0.489 e. The van der Waals surface area contributed by atoms with Crippen molar-refractivity contribution < 1.29 is 9.84 Å². The Kier molecular flexibility index (Phi) is 4.81. The molecule has 0 aliphatic carbocycles. The van der Waals surface area contributed by atoms with Gasteiger partial charge in [-0.3, -0.25) is 4.98 Å². The lowest BCUT2D eigenvalue weighted by molar-refractivity contribution is 0.215. The van der Waals surface area contributed by atoms with Gasteiger partial charge in [-0.15, -0.1) is 0 Å². The second kappa shape index (κ2) is 6.59. The predicted molar refractivity (Wildman–Crippen MR) is 84.8 cm³/mol. The average molecular weight is 286 g/mol. The summed E-state index contributed by atoms with van der Waals surface area (Å²) in [6, 6.07) is 9.66. The number of aliphatic hydroxyl groups excluding tert-OH is 1. The topological polar surface area (TPSA) is 45.6 Å². The lowest BCUT2D eigenvalue weighted by Gasteiger charge is -2.17. The van der Waals surface area contributed by atoms with Gasteiger partial charge in [-0.05, 0) is 37.6 Å². The van der Waals surface area contributed by atoms with E-state index in [0.29, 0.717) is 5.75 Å². The summed E-state index contributed by atoms with van der Waals surface area (Å²) in [5, 5.41) is 10.5. The Morgan fingerprint density at radius 3 is 2.52 bits per heavy atom. The smallest absolute Gasteiger partial charge is 0.138 e. The van der Waals surface area contributed by atoms with Crippen molar-refractivity contribution in [2.45, 2.75) is 26.1 Å². The fourth-order valence-electron chi connectivity index (χ4n) is 2.09. The van der Waals surface area contributed by atoms with Gasteiger partial charge < -0.3 is 14.7 Å². The highest BCUT2D eigenvalue weighted by Crippen LogP contribution is 2.26. The van der Waals surface area contributed by atoms with Gasteiger partial charge in [0.1, 0.15) is 11.9 Å². The molecule has 1 N–H and O–H groups in total. The van der Waals surface area contributed by atoms with E-state index in [1.54, 1.807) is 12.4 Å². The lowest BCUT2D eigenvalue weighted by Crippen LogP contribution is -2.10. The van der Waals surface area contributed by atoms with E-state index in [4.69, 9.17) is 4.74 Å². The van der Waals surface area contributed by atoms with Gasteiger partial charge in [-0.1, -0.05) is 12.1 Å². The van der Waals surface area contributed by atoms with Crippen LogP contribution in [0.1, 0.15) is 31.1 Å². The maximum absolute atomic E-state index is 10.5. The first kappa shape index (κ1) is 15.3. The van der Waals surface area contributed by atoms with Gasteiger partial charge in [0.25, 0.3) is 0 Å². The minimum absolute atomic E-state index is 0.0799. The van der Waals surface area contributed by atoms with Crippen LogP contribution in [0.25, 0.3) is 0 Å². The van der Waals surface area contributed by atoms with Crippen molar-refractivity contribution in [3.05, 3.63) is 53.9 Å². The molecule has 0 saturated heterocycles. The number of aromatic nitrogens is 1. The van der Waals surface area contributed by atoms with E-state index in [2.05, 4.69) is 4.98 Å². The van der Waals surface area contributed by atoms with Crippen LogP contribution in [0.5, 0.6) is 5.75 Å². The Bertz CT molecular complexity index is 597. The summed E-state index contributed by atoms with van der Waals surface area (Å²) in [4.78, 5) is 6.15. The van der Waals surface area contributed by atoms with Crippen LogP contribution in [0.2, 0.25) is 0 Å². The fourth-order valence-corrected chi connectivity index (χ4v) is 2.09. The number of nitrogens with zero attached hydrogens (tertiary/aromatic N) is 2. The number of ether oxygens (including phenoxy) is 1. The molecule has 21 heavy (non-hydrogen) atoms. The van der Waals surface area contributed by atoms with Crippen LogP contribution in [-0.4, -0.2) is 30.3 Å². The van der Waals surface area contributed by atoms with E-state index in [1.165, 1.54) is 0 Å². The zero-order valence-electron chi connectivity index (χ0n) is 12.9. The molecule has 0 bridgehead atoms. The van der Waals surface area contributed by atoms with E-state index in [-0.39, 0.29) is 6.10 Å². The zero-order chi connectivity index (χ0) is 15.4. The third kappa shape index (κ3) is 3.95. The molecule has 1 unspecified atom stereocenters. The summed E-state index contributed by atoms with van der Waals surface area (Å²) in [5.41, 5.74) is 2.61. The molecule has 1 heterocycles. The van der Waals surface area contributed by atoms with E-state index < -0.39 is 6.10 Å². The number of anilines is 1. The van der Waals surface area contributed by atoms with Gasteiger partial charge in [-0.25, -0.2) is 0 Å². The van der Waals surface area contributed by atoms with Gasteiger partial charge in [-0.2, -0.15) is 0 Å². The summed E-state index contributed by atoms with van der Waals surface area (Å²) in [5.74, 6) is 0.672. The SMILES string of the molecule is CC(C)Oc1cncc(C(O)c2cccc(N(C)C)c2)c1. The highest BCUT2D eigenvalue weighted by atomic mass is 16.5. The summed E-state index contributed by atoms with van der Waals surface area (Å²) in [6.07, 6.45) is 2.69. The standard InChI is InChI=1S/C17H22N2O2/c1-12(2)21-16-9-14(10-18-11-16)17(20)13-6-5-7-15(8-13)19(3)4/h5-12,17,20H,1-4H3. The molecule has 4 heteroatoms. The second-order valence-electron chi connectivity index (χ2n) is 5.51. The molecule has 1 aromatic heterocycles. The summed E-state index contributed by atoms with van der Waals surface area (Å²) in [7, 11) is 3.95. The molecule has 0 saturated carbocycles. The largest absolute Gasteiger partial charge is 0.489 e. The van der Waals surface area contributed by atoms with E-state index in [9.17, 15) is 5.11 Å². The number of benzene rings is 1. The molecule has 1 atom stereocenters. The van der Waals surface area contributed by atoms with Gasteiger partial charge in [0.2, 0.25) is 0 Å². The first-order valence-electron chi connectivity index (χ1n) is 7.04. The van der Waals surface area contributed by atoms with E-state index >= 15 is 0 Å². The van der Waals surface area contributed by atoms with Crippen molar-refractivity contribution in [1.82, 2.24) is 4.98 Å². The Balaban J connectivity index is 2.27. The van der Waals surface area contributed by atoms with Crippen LogP contribution < -0.4 is 9.64 Å². The number of pyridine rings is 1. The van der Waals surface area contributed by atoms with Gasteiger partial charge in [0.05, 0.1) is 12.3 Å². The summed E-state index contributed by atoms with van der Waals surface area (Å²) < 4.78 is 5.62. The molecule has 0 radical (unpaired) electrons. The molecule has 112 valence electrons. The molecule has 0 aliphatic rings. The van der Waals surface area contributed by atoms with Gasteiger partial charge >= 0.3 is 0 Å². The fraction of sp³-hybridized carbons (Fsp3) is 0.353. The first-order valence-corrected chi connectivity index (χ1v) is 7.04. The summed E-state index contributed by atoms with van der Waals surface area (Å²) >= 11 is 0. The molecule has 1 aromatic carbocycles. The Labute approximate surface area is 126 Å². The quantitative estimate of drug-likeness (QED) is 0.917. The molecule has 2 aromatic rings. The monoisotopic (exact) mass is 286 g/mol. The molecular weight excluding hydrogens is 264 g/mol. The van der Waals surface area contributed by atoms with Crippen LogP contribution >= 0.6 is 0 Å². The van der Waals surface area contributed by atoms with Crippen LogP contribution in [0.3, 0.4) is 0 Å². The molecule has 4 nitrogen and oxygen atoms in total. The molecule has 0 amide bonds. The lowest BCUT2D eigenvalue weighted by atomic mass is 10.0. The van der Waals surface area contributed by atoms with Crippen molar-refractivity contribution in [2.24, 2.45) is 0 Å². The Morgan fingerprint density at radius 2 is 1.86 bits per heavy atom. The third-order valence-corrected chi connectivity index (χ3v) is 3.12. The maximum Gasteiger partial charge on any atom is 0.138 e. The van der Waals surface area contributed by atoms with Crippen LogP contribution in [-0.2, 0) is 0 Å². The Morgan fingerprint density at radius 1 is 1.10 bits per heavy atom. The number of rotatable bonds is 5. The molecule has 2 rings (SSSR count). The van der Waals surface area contributed by atoms with Crippen molar-refractivity contribution in [3.63, 3.8) is 0 Å². The maximum atomic E-state index is 10.5. The highest BCUT2D eigenvalue weighted by molar-refractivity contribution is 5.49. The van der Waals surface area contributed by atoms with Crippen molar-refractivity contribution >= 4 is 5.69 Å². The van der Waals surface area contributed by atoms with Gasteiger partial charge in [0, 0.05) is 31.5 Å². The normalized spacial score (nSPS) is 12.3. The number of hydrogen-bond acceptors (Lipinski definition) is 4. The zero-order valence-corrected chi connectivity index (χ0v) is 12.9. The second-order valence-corrected chi connectivity index (χ2v) is 5.51. The average Bonchev–Trinajstić information content (AvgIpc) is 2.46. The molecular formula is C17H22N2O2. The van der Waals surface area contributed by atoms with Crippen molar-refractivity contribution in [2.75, 3.05) is 19.0 Å². The van der Waals surface area contributed by atoms with Crippen LogP contribution in [0.4, 0.5) is 5.69 Å². The van der Waals surface area contributed by atoms with E-state index in [0.717, 1.165) is 16.8 Å². The first-order chi connectivity index (χ1) is 9.97. The molecule has 0 spiro atoms. The Hall–Kier alpha value is -2.07. The van der Waals surface area contributed by atoms with Gasteiger partial charge in [0.15, 0.2) is 0 Å². The predicted octanol–water partition coefficient (Wildman–Crippen LogP) is 3.02. The van der Waals surface area contributed by atoms with Crippen LogP contribution in [0, 0.1) is 0 Å². The molecule has 0 aliphatic heterocycles. The number of aliphatic hydroxyl groups is 1. The molecule has 0 fully saturated rings. The number of hydrogen-bond donors (Lipinski definition) is 1. The van der Waals surface area contributed by atoms with Crippen molar-refractivity contribution in [1.29, 1.82) is 0 Å². The van der Waals surface area contributed by atoms with Crippen molar-refractivity contribution in [3.8, 4) is 5.75 Å². The third-order valence-electron chi connectivity index (χ3n) is 3.12. The minimum atomic E-state index is -0.715. The van der Waals surface area contributed by atoms with E-state index in [1.807, 2.05) is 63.2 Å². The summed E-state index contributed by atoms with van der Waals surface area (Å²) in [6.45, 7) is 3.92. The van der Waals surface area contributed by atoms with Crippen LogP contribution in [0.15, 0.2) is 42.7 Å².